The number of hydrogen-bond acceptors (Lipinski definition) is 2. The zero-order valence-corrected chi connectivity index (χ0v) is 12.5. The van der Waals surface area contributed by atoms with E-state index in [9.17, 15) is 9.59 Å². The quantitative estimate of drug-likeness (QED) is 0.878. The van der Waals surface area contributed by atoms with Crippen LogP contribution in [0.1, 0.15) is 31.9 Å². The third kappa shape index (κ3) is 3.87. The van der Waals surface area contributed by atoms with E-state index < -0.39 is 18.0 Å². The van der Waals surface area contributed by atoms with Gasteiger partial charge in [0.25, 0.3) is 0 Å². The average molecular weight is 299 g/mol. The van der Waals surface area contributed by atoms with E-state index in [-0.39, 0.29) is 6.04 Å². The molecule has 0 aromatic heterocycles. The molecule has 1 aromatic carbocycles. The Kier molecular flexibility index (Phi) is 5.82. The molecule has 0 aliphatic rings. The van der Waals surface area contributed by atoms with E-state index in [0.29, 0.717) is 11.4 Å². The number of nitrogens with zero attached hydrogens (tertiary/aromatic N) is 1. The molecule has 0 saturated carbocycles. The van der Waals surface area contributed by atoms with Crippen LogP contribution in [0.4, 0.5) is 4.79 Å². The monoisotopic (exact) mass is 298 g/mol. The number of amides is 2. The molecule has 0 saturated heterocycles. The molecule has 0 bridgehead atoms. The van der Waals surface area contributed by atoms with Crippen LogP contribution in [0.5, 0.6) is 0 Å². The first-order valence-corrected chi connectivity index (χ1v) is 6.76. The maximum absolute atomic E-state index is 12.1. The highest BCUT2D eigenvalue weighted by Gasteiger charge is 2.23. The molecule has 0 aliphatic heterocycles. The van der Waals surface area contributed by atoms with E-state index in [0.717, 1.165) is 5.56 Å². The number of carbonyl (C=O) groups excluding carboxylic acids is 1. The summed E-state index contributed by atoms with van der Waals surface area (Å²) in [6.07, 6.45) is 0.329. The first kappa shape index (κ1) is 16.3. The number of urea groups is 1. The second kappa shape index (κ2) is 7.14. The van der Waals surface area contributed by atoms with Crippen molar-refractivity contribution in [1.82, 2.24) is 10.2 Å². The van der Waals surface area contributed by atoms with Gasteiger partial charge in [0.1, 0.15) is 6.04 Å². The molecular formula is C14H19ClN2O3. The number of carboxylic acid groups (broad SMARTS) is 1. The fourth-order valence-corrected chi connectivity index (χ4v) is 2.08. The average Bonchev–Trinajstić information content (AvgIpc) is 2.43. The van der Waals surface area contributed by atoms with Crippen molar-refractivity contribution in [3.8, 4) is 0 Å². The van der Waals surface area contributed by atoms with Gasteiger partial charge in [-0.3, -0.25) is 0 Å². The minimum absolute atomic E-state index is 0.255. The summed E-state index contributed by atoms with van der Waals surface area (Å²) in [6.45, 7) is 3.54. The summed E-state index contributed by atoms with van der Waals surface area (Å²) in [4.78, 5) is 24.4. The lowest BCUT2D eigenvalue weighted by Crippen LogP contribution is -2.47. The molecular weight excluding hydrogens is 280 g/mol. The fourth-order valence-electron chi connectivity index (χ4n) is 1.79. The normalized spacial score (nSPS) is 13.4. The smallest absolute Gasteiger partial charge is 0.326 e. The van der Waals surface area contributed by atoms with Crippen molar-refractivity contribution in [1.29, 1.82) is 0 Å². The molecule has 1 aromatic rings. The predicted octanol–water partition coefficient (Wildman–Crippen LogP) is 2.91. The Morgan fingerprint density at radius 1 is 1.40 bits per heavy atom. The number of halogens is 1. The third-order valence-corrected chi connectivity index (χ3v) is 3.60. The van der Waals surface area contributed by atoms with Crippen molar-refractivity contribution in [2.24, 2.45) is 0 Å². The summed E-state index contributed by atoms with van der Waals surface area (Å²) in [7, 11) is 1.61. The van der Waals surface area contributed by atoms with E-state index >= 15 is 0 Å². The molecule has 2 unspecified atom stereocenters. The minimum Gasteiger partial charge on any atom is -0.480 e. The third-order valence-electron chi connectivity index (χ3n) is 3.26. The van der Waals surface area contributed by atoms with E-state index in [4.69, 9.17) is 16.7 Å². The van der Waals surface area contributed by atoms with Gasteiger partial charge >= 0.3 is 12.0 Å². The van der Waals surface area contributed by atoms with Crippen molar-refractivity contribution in [2.75, 3.05) is 7.05 Å². The molecule has 0 radical (unpaired) electrons. The second-order valence-electron chi connectivity index (χ2n) is 4.56. The summed E-state index contributed by atoms with van der Waals surface area (Å²) in [5.74, 6) is -1.04. The second-order valence-corrected chi connectivity index (χ2v) is 4.96. The van der Waals surface area contributed by atoms with Gasteiger partial charge in [0, 0.05) is 12.1 Å². The van der Waals surface area contributed by atoms with Crippen LogP contribution >= 0.6 is 11.6 Å². The molecule has 1 rings (SSSR count). The van der Waals surface area contributed by atoms with Crippen molar-refractivity contribution in [2.45, 2.75) is 32.4 Å². The van der Waals surface area contributed by atoms with Gasteiger partial charge in [-0.05, 0) is 25.0 Å². The molecule has 110 valence electrons. The van der Waals surface area contributed by atoms with Crippen LogP contribution in [0.3, 0.4) is 0 Å². The Bertz CT molecular complexity index is 493. The lowest BCUT2D eigenvalue weighted by molar-refractivity contribution is -0.139. The Hall–Kier alpha value is -1.75. The van der Waals surface area contributed by atoms with Gasteiger partial charge in [0.2, 0.25) is 0 Å². The van der Waals surface area contributed by atoms with Gasteiger partial charge < -0.3 is 15.3 Å². The highest BCUT2D eigenvalue weighted by molar-refractivity contribution is 6.31. The molecule has 5 nitrogen and oxygen atoms in total. The molecule has 20 heavy (non-hydrogen) atoms. The molecule has 2 atom stereocenters. The fraction of sp³-hybridized carbons (Fsp3) is 0.429. The van der Waals surface area contributed by atoms with Gasteiger partial charge in [-0.2, -0.15) is 0 Å². The zero-order valence-electron chi connectivity index (χ0n) is 11.8. The molecule has 0 fully saturated rings. The number of rotatable bonds is 5. The van der Waals surface area contributed by atoms with E-state index in [2.05, 4.69) is 5.32 Å². The number of carbonyl (C=O) groups is 2. The maximum atomic E-state index is 12.1. The van der Waals surface area contributed by atoms with Gasteiger partial charge in [0.15, 0.2) is 0 Å². The first-order valence-electron chi connectivity index (χ1n) is 6.39. The number of carboxylic acids is 1. The Morgan fingerprint density at radius 3 is 2.50 bits per heavy atom. The minimum atomic E-state index is -1.04. The topological polar surface area (TPSA) is 69.6 Å². The molecule has 0 spiro atoms. The molecule has 0 heterocycles. The summed E-state index contributed by atoms with van der Waals surface area (Å²) >= 11 is 6.10. The van der Waals surface area contributed by atoms with Crippen molar-refractivity contribution < 1.29 is 14.7 Å². The van der Waals surface area contributed by atoms with Crippen LogP contribution in [0, 0.1) is 0 Å². The van der Waals surface area contributed by atoms with Gasteiger partial charge in [-0.15, -0.1) is 0 Å². The highest BCUT2D eigenvalue weighted by Crippen LogP contribution is 2.26. The number of benzene rings is 1. The van der Waals surface area contributed by atoms with Crippen molar-refractivity contribution in [3.05, 3.63) is 34.9 Å². The Labute approximate surface area is 123 Å². The van der Waals surface area contributed by atoms with Crippen LogP contribution in [-0.2, 0) is 4.79 Å². The standard InChI is InChI=1S/C14H19ClN2O3/c1-4-12(13(18)19)16-14(20)17(3)9(2)10-7-5-6-8-11(10)15/h5-9,12H,4H2,1-3H3,(H,16,20)(H,18,19). The highest BCUT2D eigenvalue weighted by atomic mass is 35.5. The summed E-state index contributed by atoms with van der Waals surface area (Å²) in [5.41, 5.74) is 0.815. The van der Waals surface area contributed by atoms with Crippen LogP contribution in [0.25, 0.3) is 0 Å². The van der Waals surface area contributed by atoms with Crippen LogP contribution in [-0.4, -0.2) is 35.1 Å². The molecule has 2 N–H and O–H groups in total. The van der Waals surface area contributed by atoms with Crippen molar-refractivity contribution in [3.63, 3.8) is 0 Å². The SMILES string of the molecule is CCC(NC(=O)N(C)C(C)c1ccccc1Cl)C(=O)O. The van der Waals surface area contributed by atoms with Gasteiger partial charge in [-0.1, -0.05) is 36.7 Å². The Balaban J connectivity index is 2.79. The summed E-state index contributed by atoms with van der Waals surface area (Å²) in [6, 6.07) is 5.67. The summed E-state index contributed by atoms with van der Waals surface area (Å²) in [5, 5.41) is 12.0. The Morgan fingerprint density at radius 2 is 2.00 bits per heavy atom. The molecule has 6 heteroatoms. The first-order chi connectivity index (χ1) is 9.38. The maximum Gasteiger partial charge on any atom is 0.326 e. The van der Waals surface area contributed by atoms with E-state index in [1.807, 2.05) is 25.1 Å². The number of nitrogens with one attached hydrogen (secondary N) is 1. The number of aliphatic carboxylic acids is 1. The zero-order chi connectivity index (χ0) is 15.3. The van der Waals surface area contributed by atoms with E-state index in [1.54, 1.807) is 20.0 Å². The predicted molar refractivity (Wildman–Crippen MR) is 77.9 cm³/mol. The number of hydrogen-bond donors (Lipinski definition) is 2. The van der Waals surface area contributed by atoms with Crippen LogP contribution in [0.2, 0.25) is 5.02 Å². The lowest BCUT2D eigenvalue weighted by atomic mass is 10.1. The van der Waals surface area contributed by atoms with Crippen molar-refractivity contribution >= 4 is 23.6 Å². The largest absolute Gasteiger partial charge is 0.480 e. The summed E-state index contributed by atoms with van der Waals surface area (Å²) < 4.78 is 0. The molecule has 2 amide bonds. The van der Waals surface area contributed by atoms with E-state index in [1.165, 1.54) is 4.90 Å². The van der Waals surface area contributed by atoms with Gasteiger partial charge in [-0.25, -0.2) is 9.59 Å². The lowest BCUT2D eigenvalue weighted by Gasteiger charge is -2.27. The molecule has 0 aliphatic carbocycles. The van der Waals surface area contributed by atoms with Crippen LogP contribution in [0.15, 0.2) is 24.3 Å². The van der Waals surface area contributed by atoms with Crippen LogP contribution < -0.4 is 5.32 Å². The van der Waals surface area contributed by atoms with Gasteiger partial charge in [0.05, 0.1) is 6.04 Å².